The van der Waals surface area contributed by atoms with Gasteiger partial charge in [-0.05, 0) is 41.0 Å². The zero-order valence-electron chi connectivity index (χ0n) is 34.2. The van der Waals surface area contributed by atoms with E-state index < -0.39 is 79.0 Å². The first-order valence-corrected chi connectivity index (χ1v) is 19.7. The average molecular weight is 886 g/mol. The fraction of sp³-hybridized carbons (Fsp3) is 0.273. The maximum absolute atomic E-state index is 14.5. The number of nitrogens with one attached hydrogen (secondary N) is 4. The molecule has 3 amide bonds. The number of para-hydroxylation sites is 1. The van der Waals surface area contributed by atoms with Crippen molar-refractivity contribution in [2.45, 2.75) is 49.4 Å². The third kappa shape index (κ3) is 9.89. The molecule has 1 unspecified atom stereocenters. The number of H-pyrrole nitrogens is 1. The van der Waals surface area contributed by atoms with E-state index in [4.69, 9.17) is 23.7 Å². The lowest BCUT2D eigenvalue weighted by Gasteiger charge is -2.37. The molecule has 334 valence electrons. The number of methoxy groups -OCH3 is 1. The maximum atomic E-state index is 14.5. The first kappa shape index (κ1) is 44.9. The first-order valence-electron chi connectivity index (χ1n) is 19.7. The number of fused-ring (bicyclic) bond motifs is 1. The lowest BCUT2D eigenvalue weighted by atomic mass is 9.80. The topological polar surface area (TPSA) is 217 Å². The van der Waals surface area contributed by atoms with Crippen molar-refractivity contribution < 1.29 is 56.3 Å². The van der Waals surface area contributed by atoms with Crippen LogP contribution in [-0.2, 0) is 34.2 Å². The fourth-order valence-electron chi connectivity index (χ4n) is 7.14. The van der Waals surface area contributed by atoms with Crippen molar-refractivity contribution in [3.63, 3.8) is 0 Å². The summed E-state index contributed by atoms with van der Waals surface area (Å²) in [5, 5.41) is 17.0. The van der Waals surface area contributed by atoms with Gasteiger partial charge >= 0.3 is 6.05 Å². The van der Waals surface area contributed by atoms with Crippen LogP contribution in [0.4, 0.5) is 19.1 Å². The Morgan fingerprint density at radius 2 is 1.48 bits per heavy atom. The molecule has 17 nitrogen and oxygen atoms in total. The highest BCUT2D eigenvalue weighted by Crippen LogP contribution is 2.43. The van der Waals surface area contributed by atoms with Gasteiger partial charge in [-0.3, -0.25) is 39.4 Å². The number of aliphatic hydroxyl groups excluding tert-OH is 1. The van der Waals surface area contributed by atoms with E-state index in [2.05, 4.69) is 20.3 Å². The monoisotopic (exact) mass is 885 g/mol. The number of nitrogens with zero attached hydrogens (tertiary/aromatic N) is 3. The summed E-state index contributed by atoms with van der Waals surface area (Å²) < 4.78 is 74.2. The largest absolute Gasteiger partial charge is 0.497 e. The zero-order chi connectivity index (χ0) is 45.4. The number of amides is 3. The lowest BCUT2D eigenvalue weighted by molar-refractivity contribution is -0.154. The Balaban J connectivity index is 1.21. The molecule has 0 radical (unpaired) electrons. The number of halogens is 3. The van der Waals surface area contributed by atoms with E-state index in [9.17, 15) is 37.5 Å². The van der Waals surface area contributed by atoms with Crippen LogP contribution in [0.3, 0.4) is 0 Å². The van der Waals surface area contributed by atoms with Gasteiger partial charge in [0.2, 0.25) is 17.8 Å². The standard InChI is InChI=1S/C44H42F3N7O10/c1-26(55)53-44(46,47)41(45)49-33(56)24-62-37-36(58)32(22-63-43(27-12-6-3-7-13-27,28-14-8-4-9-15-28)29-18-20-30(60-2)21-19-29)64-40(37)54-25-48-35-38(54)51-42(52-39(35)59)50-34(57)23-61-31-16-10-5-11-17-31/h3-21,25,32,36-37,40-41,58H,22-24H2,1-2H3,(H,49,56)(H,53,55)(H2,50,51,52,57,59)/t32-,36-,37-,40-,41?/m1/s1. The van der Waals surface area contributed by atoms with Gasteiger partial charge in [-0.2, -0.15) is 13.8 Å². The molecule has 5 N–H and O–H groups in total. The number of hydrogen-bond donors (Lipinski definition) is 5. The molecule has 0 spiro atoms. The van der Waals surface area contributed by atoms with E-state index in [0.717, 1.165) is 18.6 Å². The number of rotatable bonds is 18. The van der Waals surface area contributed by atoms with E-state index in [1.807, 2.05) is 72.8 Å². The number of hydrogen-bond acceptors (Lipinski definition) is 12. The Morgan fingerprint density at radius 1 is 0.875 bits per heavy atom. The molecule has 0 bridgehead atoms. The molecule has 20 heteroatoms. The summed E-state index contributed by atoms with van der Waals surface area (Å²) in [5.41, 5.74) is -0.435. The minimum Gasteiger partial charge on any atom is -0.497 e. The lowest BCUT2D eigenvalue weighted by Crippen LogP contribution is -2.55. The van der Waals surface area contributed by atoms with Crippen LogP contribution in [-0.4, -0.2) is 99.9 Å². The minimum atomic E-state index is -4.47. The zero-order valence-corrected chi connectivity index (χ0v) is 34.2. The number of alkyl halides is 3. The van der Waals surface area contributed by atoms with Gasteiger partial charge in [0.1, 0.15) is 42.0 Å². The van der Waals surface area contributed by atoms with Crippen molar-refractivity contribution >= 4 is 34.8 Å². The summed E-state index contributed by atoms with van der Waals surface area (Å²) in [4.78, 5) is 61.1. The number of aromatic nitrogens is 4. The number of aromatic amines is 1. The third-order valence-corrected chi connectivity index (χ3v) is 10.1. The molecule has 1 fully saturated rings. The minimum absolute atomic E-state index is 0.167. The first-order chi connectivity index (χ1) is 30.8. The van der Waals surface area contributed by atoms with Crippen molar-refractivity contribution in [1.82, 2.24) is 30.2 Å². The van der Waals surface area contributed by atoms with Crippen molar-refractivity contribution in [3.05, 3.63) is 149 Å². The predicted octanol–water partition coefficient (Wildman–Crippen LogP) is 3.94. The van der Waals surface area contributed by atoms with Crippen molar-refractivity contribution in [3.8, 4) is 11.5 Å². The number of imidazole rings is 1. The molecule has 0 aliphatic carbocycles. The quantitative estimate of drug-likeness (QED) is 0.0613. The van der Waals surface area contributed by atoms with Gasteiger partial charge < -0.3 is 34.1 Å². The van der Waals surface area contributed by atoms with E-state index in [0.29, 0.717) is 28.2 Å². The summed E-state index contributed by atoms with van der Waals surface area (Å²) in [7, 11) is 1.54. The summed E-state index contributed by atoms with van der Waals surface area (Å²) >= 11 is 0. The Hall–Kier alpha value is -7.13. The number of ether oxygens (including phenoxy) is 5. The van der Waals surface area contributed by atoms with E-state index in [1.165, 1.54) is 17.0 Å². The number of carbonyl (C=O) groups is 3. The van der Waals surface area contributed by atoms with Crippen molar-refractivity contribution in [1.29, 1.82) is 0 Å². The number of carbonyl (C=O) groups excluding carboxylic acids is 3. The normalized spacial score (nSPS) is 18.0. The van der Waals surface area contributed by atoms with Crippen LogP contribution in [0.5, 0.6) is 11.5 Å². The van der Waals surface area contributed by atoms with Crippen LogP contribution >= 0.6 is 0 Å². The Labute approximate surface area is 362 Å². The highest BCUT2D eigenvalue weighted by Gasteiger charge is 2.49. The van der Waals surface area contributed by atoms with Gasteiger partial charge in [-0.15, -0.1) is 0 Å². The van der Waals surface area contributed by atoms with Gasteiger partial charge in [-0.25, -0.2) is 9.37 Å². The molecule has 0 saturated carbocycles. The van der Waals surface area contributed by atoms with Gasteiger partial charge in [0, 0.05) is 6.92 Å². The fourth-order valence-corrected chi connectivity index (χ4v) is 7.14. The molecular formula is C44H42F3N7O10. The molecule has 1 saturated heterocycles. The molecular weight excluding hydrogens is 844 g/mol. The van der Waals surface area contributed by atoms with Crippen LogP contribution < -0.4 is 31.0 Å². The summed E-state index contributed by atoms with van der Waals surface area (Å²) in [6.07, 6.45) is -8.17. The molecule has 5 atom stereocenters. The summed E-state index contributed by atoms with van der Waals surface area (Å²) in [6, 6.07) is 29.8. The molecule has 1 aliphatic heterocycles. The second kappa shape index (κ2) is 19.5. The Kier molecular flexibility index (Phi) is 13.7. The second-order valence-corrected chi connectivity index (χ2v) is 14.4. The number of anilines is 1. The van der Waals surface area contributed by atoms with Crippen molar-refractivity contribution in [2.75, 3.05) is 32.2 Å². The number of benzene rings is 4. The SMILES string of the molecule is COc1ccc(C(OC[C@H]2O[C@@H](n3cnc4c(=O)[nH]c(NC(=O)COc5ccccc5)nc43)[C@H](OCC(=O)NC(F)C(F)(F)NC(C)=O)[C@@H]2O)(c2ccccc2)c2ccccc2)cc1. The van der Waals surface area contributed by atoms with Crippen LogP contribution in [0.1, 0.15) is 29.8 Å². The van der Waals surface area contributed by atoms with E-state index in [-0.39, 0.29) is 23.7 Å². The highest BCUT2D eigenvalue weighted by atomic mass is 19.3. The molecule has 1 aliphatic rings. The van der Waals surface area contributed by atoms with Gasteiger partial charge in [0.15, 0.2) is 24.0 Å². The van der Waals surface area contributed by atoms with Crippen LogP contribution in [0.25, 0.3) is 11.2 Å². The molecule has 2 aromatic heterocycles. The Bertz CT molecular complexity index is 2560. The molecule has 7 rings (SSSR count). The van der Waals surface area contributed by atoms with Gasteiger partial charge in [-0.1, -0.05) is 91.0 Å². The van der Waals surface area contributed by atoms with E-state index in [1.54, 1.807) is 42.5 Å². The third-order valence-electron chi connectivity index (χ3n) is 10.1. The summed E-state index contributed by atoms with van der Waals surface area (Å²) in [6.45, 7) is -1.16. The van der Waals surface area contributed by atoms with Gasteiger partial charge in [0.25, 0.3) is 17.8 Å². The highest BCUT2D eigenvalue weighted by molar-refractivity contribution is 5.90. The molecule has 64 heavy (non-hydrogen) atoms. The summed E-state index contributed by atoms with van der Waals surface area (Å²) in [5.74, 6) is -2.62. The predicted molar refractivity (Wildman–Crippen MR) is 222 cm³/mol. The maximum Gasteiger partial charge on any atom is 0.374 e. The van der Waals surface area contributed by atoms with Crippen LogP contribution in [0, 0.1) is 0 Å². The smallest absolute Gasteiger partial charge is 0.374 e. The molecule has 4 aromatic carbocycles. The van der Waals surface area contributed by atoms with Crippen molar-refractivity contribution in [2.24, 2.45) is 0 Å². The van der Waals surface area contributed by atoms with Crippen LogP contribution in [0.2, 0.25) is 0 Å². The average Bonchev–Trinajstić information content (AvgIpc) is 3.86. The molecule has 3 heterocycles. The second-order valence-electron chi connectivity index (χ2n) is 14.4. The van der Waals surface area contributed by atoms with Gasteiger partial charge in [0.05, 0.1) is 20.0 Å². The van der Waals surface area contributed by atoms with Crippen LogP contribution in [0.15, 0.2) is 126 Å². The molecule has 6 aromatic rings. The number of aliphatic hydroxyl groups is 1. The van der Waals surface area contributed by atoms with E-state index >= 15 is 0 Å². The Morgan fingerprint density at radius 3 is 2.09 bits per heavy atom.